The molecule has 0 spiro atoms. The van der Waals surface area contributed by atoms with Gasteiger partial charge in [0.05, 0.1) is 11.4 Å². The van der Waals surface area contributed by atoms with Crippen LogP contribution in [0.15, 0.2) is 12.1 Å². The fourth-order valence-electron chi connectivity index (χ4n) is 2.97. The molecule has 1 aromatic heterocycles. The molecule has 1 unspecified atom stereocenters. The first-order valence-corrected chi connectivity index (χ1v) is 7.27. The Morgan fingerprint density at radius 2 is 2.14 bits per heavy atom. The van der Waals surface area contributed by atoms with E-state index in [0.29, 0.717) is 29.1 Å². The van der Waals surface area contributed by atoms with Crippen LogP contribution in [0.3, 0.4) is 0 Å². The Morgan fingerprint density at radius 3 is 2.76 bits per heavy atom. The van der Waals surface area contributed by atoms with Gasteiger partial charge in [-0.1, -0.05) is 13.8 Å². The number of nitrogens with one attached hydrogen (secondary N) is 2. The minimum absolute atomic E-state index is 0.435. The van der Waals surface area contributed by atoms with Gasteiger partial charge in [-0.25, -0.2) is 4.79 Å². The van der Waals surface area contributed by atoms with Crippen LogP contribution in [-0.4, -0.2) is 27.6 Å². The van der Waals surface area contributed by atoms with E-state index in [9.17, 15) is 9.90 Å². The van der Waals surface area contributed by atoms with E-state index in [4.69, 9.17) is 0 Å². The molecule has 1 fully saturated rings. The number of carbonyl (C=O) groups is 1. The minimum Gasteiger partial charge on any atom is -0.370 e. The molecule has 1 saturated carbocycles. The highest BCUT2D eigenvalue weighted by Crippen LogP contribution is 2.52. The minimum atomic E-state index is -0.996. The van der Waals surface area contributed by atoms with Crippen LogP contribution in [0.4, 0.5) is 4.79 Å². The Labute approximate surface area is 123 Å². The number of aryl methyl sites for hydroxylation is 1. The normalized spacial score (nSPS) is 28.0. The highest BCUT2D eigenvalue weighted by Gasteiger charge is 2.41. The monoisotopic (exact) mass is 288 g/mol. The molecule has 6 heteroatoms. The molecule has 0 aromatic carbocycles. The lowest BCUT2D eigenvalue weighted by Crippen LogP contribution is -2.45. The zero-order chi connectivity index (χ0) is 15.1. The van der Waals surface area contributed by atoms with Gasteiger partial charge >= 0.3 is 6.03 Å². The molecule has 2 heterocycles. The largest absolute Gasteiger partial charge is 0.370 e. The van der Waals surface area contributed by atoms with Gasteiger partial charge in [0.25, 0.3) is 0 Å². The third-order valence-corrected chi connectivity index (χ3v) is 4.24. The zero-order valence-corrected chi connectivity index (χ0v) is 12.4. The van der Waals surface area contributed by atoms with Crippen molar-refractivity contribution in [2.75, 3.05) is 0 Å². The van der Waals surface area contributed by atoms with Gasteiger partial charge in [0, 0.05) is 0 Å². The summed E-state index contributed by atoms with van der Waals surface area (Å²) < 4.78 is 0. The van der Waals surface area contributed by atoms with Crippen molar-refractivity contribution in [3.63, 3.8) is 0 Å². The van der Waals surface area contributed by atoms with Gasteiger partial charge in [-0.05, 0) is 48.8 Å². The van der Waals surface area contributed by atoms with Gasteiger partial charge in [0.15, 0.2) is 0 Å². The van der Waals surface area contributed by atoms with Crippen LogP contribution in [0, 0.1) is 18.8 Å². The molecule has 1 aliphatic carbocycles. The van der Waals surface area contributed by atoms with Gasteiger partial charge in [0.2, 0.25) is 0 Å². The maximum absolute atomic E-state index is 11.4. The van der Waals surface area contributed by atoms with E-state index in [1.54, 1.807) is 0 Å². The van der Waals surface area contributed by atoms with E-state index in [1.807, 2.05) is 13.0 Å². The Kier molecular flexibility index (Phi) is 3.41. The standard InChI is InChI=1S/C15H20N4O2/c1-7(2)9-4-11(9)10-5-13(19-18-8(10)3)12-6-14(20)17-15(21)16-12/h5-7,9,11,14,20H,4H2,1-3H3,(H2,16,17,21)/t9-,11+,14?/m0/s1. The topological polar surface area (TPSA) is 87.1 Å². The number of hydrogen-bond acceptors (Lipinski definition) is 4. The number of amides is 2. The van der Waals surface area contributed by atoms with Gasteiger partial charge < -0.3 is 15.7 Å². The summed E-state index contributed by atoms with van der Waals surface area (Å²) in [4.78, 5) is 11.4. The number of nitrogens with zero attached hydrogens (tertiary/aromatic N) is 2. The summed E-state index contributed by atoms with van der Waals surface area (Å²) in [6.07, 6.45) is 1.71. The van der Waals surface area contributed by atoms with Crippen LogP contribution in [0.25, 0.3) is 5.70 Å². The summed E-state index contributed by atoms with van der Waals surface area (Å²) in [5, 5.41) is 22.9. The highest BCUT2D eigenvalue weighted by molar-refractivity contribution is 5.87. The first-order chi connectivity index (χ1) is 9.95. The highest BCUT2D eigenvalue weighted by atomic mass is 16.3. The second-order valence-corrected chi connectivity index (χ2v) is 6.14. The molecule has 21 heavy (non-hydrogen) atoms. The number of carbonyl (C=O) groups excluding carboxylic acids is 1. The van der Waals surface area contributed by atoms with Crippen LogP contribution < -0.4 is 10.6 Å². The van der Waals surface area contributed by atoms with Gasteiger partial charge in [-0.15, -0.1) is 5.10 Å². The first-order valence-electron chi connectivity index (χ1n) is 7.27. The van der Waals surface area contributed by atoms with E-state index >= 15 is 0 Å². The molecule has 0 radical (unpaired) electrons. The van der Waals surface area contributed by atoms with Crippen molar-refractivity contribution in [2.24, 2.45) is 11.8 Å². The van der Waals surface area contributed by atoms with E-state index in [2.05, 4.69) is 34.7 Å². The number of aliphatic hydroxyl groups is 1. The van der Waals surface area contributed by atoms with Crippen LogP contribution in [0.5, 0.6) is 0 Å². The summed E-state index contributed by atoms with van der Waals surface area (Å²) in [6, 6.07) is 1.55. The molecule has 0 saturated heterocycles. The molecular formula is C15H20N4O2. The first kappa shape index (κ1) is 14.0. The van der Waals surface area contributed by atoms with Crippen molar-refractivity contribution in [2.45, 2.75) is 39.3 Å². The second-order valence-electron chi connectivity index (χ2n) is 6.14. The van der Waals surface area contributed by atoms with Crippen molar-refractivity contribution in [1.29, 1.82) is 0 Å². The van der Waals surface area contributed by atoms with Crippen molar-refractivity contribution in [1.82, 2.24) is 20.8 Å². The maximum atomic E-state index is 11.4. The van der Waals surface area contributed by atoms with E-state index in [1.165, 1.54) is 18.1 Å². The molecule has 3 atom stereocenters. The quantitative estimate of drug-likeness (QED) is 0.787. The number of urea groups is 1. The van der Waals surface area contributed by atoms with Crippen LogP contribution in [0.2, 0.25) is 0 Å². The average molecular weight is 288 g/mol. The summed E-state index contributed by atoms with van der Waals surface area (Å²) in [5.74, 6) is 1.88. The van der Waals surface area contributed by atoms with Crippen molar-refractivity contribution < 1.29 is 9.90 Å². The molecule has 3 rings (SSSR count). The second kappa shape index (κ2) is 5.11. The van der Waals surface area contributed by atoms with Gasteiger partial charge in [0.1, 0.15) is 11.9 Å². The van der Waals surface area contributed by atoms with E-state index in [0.717, 1.165) is 5.69 Å². The number of hydrogen-bond donors (Lipinski definition) is 3. The molecule has 3 N–H and O–H groups in total. The summed E-state index contributed by atoms with van der Waals surface area (Å²) in [6.45, 7) is 6.44. The predicted molar refractivity (Wildman–Crippen MR) is 78.1 cm³/mol. The van der Waals surface area contributed by atoms with Crippen molar-refractivity contribution >= 4 is 11.7 Å². The predicted octanol–water partition coefficient (Wildman–Crippen LogP) is 1.52. The summed E-state index contributed by atoms with van der Waals surface area (Å²) in [7, 11) is 0. The van der Waals surface area contributed by atoms with Crippen LogP contribution in [0.1, 0.15) is 43.1 Å². The van der Waals surface area contributed by atoms with E-state index in [-0.39, 0.29) is 0 Å². The van der Waals surface area contributed by atoms with Gasteiger partial charge in [-0.2, -0.15) is 5.10 Å². The lowest BCUT2D eigenvalue weighted by Gasteiger charge is -2.19. The molecule has 1 aromatic rings. The number of aliphatic hydroxyl groups excluding tert-OH is 1. The molecule has 6 nitrogen and oxygen atoms in total. The molecular weight excluding hydrogens is 268 g/mol. The third kappa shape index (κ3) is 2.76. The Hall–Kier alpha value is -1.95. The lowest BCUT2D eigenvalue weighted by atomic mass is 10.0. The molecule has 2 amide bonds. The lowest BCUT2D eigenvalue weighted by molar-refractivity contribution is 0.176. The number of rotatable bonds is 3. The Balaban J connectivity index is 1.90. The molecule has 1 aliphatic heterocycles. The van der Waals surface area contributed by atoms with Crippen LogP contribution in [-0.2, 0) is 0 Å². The van der Waals surface area contributed by atoms with Crippen LogP contribution >= 0.6 is 0 Å². The Morgan fingerprint density at radius 1 is 1.38 bits per heavy atom. The maximum Gasteiger partial charge on any atom is 0.321 e. The smallest absolute Gasteiger partial charge is 0.321 e. The summed E-state index contributed by atoms with van der Waals surface area (Å²) >= 11 is 0. The van der Waals surface area contributed by atoms with Crippen molar-refractivity contribution in [3.8, 4) is 0 Å². The SMILES string of the molecule is Cc1nnc(C2=CC(O)NC(=O)N2)cc1[C@@H]1C[C@H]1C(C)C. The Bertz CT molecular complexity index is 612. The fraction of sp³-hybridized carbons (Fsp3) is 0.533. The van der Waals surface area contributed by atoms with Crippen molar-refractivity contribution in [3.05, 3.63) is 29.1 Å². The molecule has 0 bridgehead atoms. The number of aromatic nitrogens is 2. The summed E-state index contributed by atoms with van der Waals surface area (Å²) in [5.41, 5.74) is 3.23. The third-order valence-electron chi connectivity index (χ3n) is 4.24. The molecule has 112 valence electrons. The fourth-order valence-corrected chi connectivity index (χ4v) is 2.97. The zero-order valence-electron chi connectivity index (χ0n) is 12.4. The van der Waals surface area contributed by atoms with E-state index < -0.39 is 12.3 Å². The molecule has 2 aliphatic rings. The van der Waals surface area contributed by atoms with Gasteiger partial charge in [-0.3, -0.25) is 0 Å². The average Bonchev–Trinajstić information content (AvgIpc) is 3.18.